The molecule has 1 saturated heterocycles. The van der Waals surface area contributed by atoms with Gasteiger partial charge in [-0.05, 0) is 48.8 Å². The topological polar surface area (TPSA) is 126 Å². The van der Waals surface area contributed by atoms with Crippen LogP contribution in [0.25, 0.3) is 11.2 Å². The van der Waals surface area contributed by atoms with E-state index in [-0.39, 0.29) is 56.6 Å². The number of benzene rings is 1. The van der Waals surface area contributed by atoms with Gasteiger partial charge in [0.1, 0.15) is 11.3 Å². The van der Waals surface area contributed by atoms with Gasteiger partial charge in [0.05, 0.1) is 29.0 Å². The number of alkyl halides is 2. The summed E-state index contributed by atoms with van der Waals surface area (Å²) in [5, 5.41) is 5.74. The Labute approximate surface area is 213 Å². The first-order chi connectivity index (χ1) is 17.4. The Kier molecular flexibility index (Phi) is 6.43. The molecule has 1 aromatic carbocycles. The zero-order valence-electron chi connectivity index (χ0n) is 20.8. The number of hydrogen-bond donors (Lipinski definition) is 3. The number of imidazole rings is 1. The van der Waals surface area contributed by atoms with Gasteiger partial charge in [0.2, 0.25) is 5.91 Å². The Bertz CT molecular complexity index is 1460. The second-order valence-electron chi connectivity index (χ2n) is 10.6. The second-order valence-corrected chi connectivity index (χ2v) is 12.6. The van der Waals surface area contributed by atoms with Gasteiger partial charge >= 0.3 is 0 Å². The third-order valence-electron chi connectivity index (χ3n) is 6.68. The quantitative estimate of drug-likeness (QED) is 0.378. The average molecular weight is 534 g/mol. The number of pyridine rings is 1. The first-order valence-corrected chi connectivity index (χ1v) is 14.0. The number of H-pyrrole nitrogens is 1. The number of fused-ring (bicyclic) bond motifs is 1. The summed E-state index contributed by atoms with van der Waals surface area (Å²) in [5.41, 5.74) is 1.43. The van der Waals surface area contributed by atoms with Crippen molar-refractivity contribution in [3.8, 4) is 0 Å². The lowest BCUT2D eigenvalue weighted by molar-refractivity contribution is -0.117. The molecule has 37 heavy (non-hydrogen) atoms. The highest BCUT2D eigenvalue weighted by molar-refractivity contribution is 7.90. The SMILES string of the molecule is CC1(C)CC[C@@H](c2ccc(Nc3cc(NC(=O)C4CC4)nc4[nH]c(C(F)F)nc34)c(S(C)(=O)=O)c2)OC1. The lowest BCUT2D eigenvalue weighted by Gasteiger charge is -2.34. The van der Waals surface area contributed by atoms with Gasteiger partial charge in [0, 0.05) is 18.2 Å². The van der Waals surface area contributed by atoms with Crippen molar-refractivity contribution < 1.29 is 26.7 Å². The normalized spacial score (nSPS) is 19.8. The first-order valence-electron chi connectivity index (χ1n) is 12.1. The van der Waals surface area contributed by atoms with Gasteiger partial charge in [-0.2, -0.15) is 0 Å². The van der Waals surface area contributed by atoms with Gasteiger partial charge in [-0.15, -0.1) is 0 Å². The summed E-state index contributed by atoms with van der Waals surface area (Å²) in [4.78, 5) is 23.0. The Hall–Kier alpha value is -3.12. The van der Waals surface area contributed by atoms with Gasteiger partial charge < -0.3 is 20.4 Å². The number of hydrogen-bond acceptors (Lipinski definition) is 7. The van der Waals surface area contributed by atoms with E-state index in [1.54, 1.807) is 18.2 Å². The van der Waals surface area contributed by atoms with Crippen molar-refractivity contribution >= 4 is 44.1 Å². The average Bonchev–Trinajstić information content (AvgIpc) is 3.58. The molecule has 1 amide bonds. The van der Waals surface area contributed by atoms with Crippen LogP contribution in [0.5, 0.6) is 0 Å². The summed E-state index contributed by atoms with van der Waals surface area (Å²) >= 11 is 0. The van der Waals surface area contributed by atoms with Gasteiger partial charge in [-0.25, -0.2) is 27.2 Å². The standard InChI is InChI=1S/C25H29F2N5O4S/c1-25(2)9-8-17(36-12-25)14-6-7-15(18(10-14)37(3,34)35)28-16-11-19(30-24(33)13-4-5-13)29-22-20(16)31-23(32-22)21(26)27/h6-7,10-11,13,17,21H,4-5,8-9,12H2,1-3H3,(H3,28,29,30,31,32,33)/t17-/m0/s1. The molecule has 0 radical (unpaired) electrons. The number of carbonyl (C=O) groups excluding carboxylic acids is 1. The molecule has 1 aliphatic heterocycles. The van der Waals surface area contributed by atoms with Crippen molar-refractivity contribution in [3.05, 3.63) is 35.7 Å². The smallest absolute Gasteiger partial charge is 0.295 e. The number of aromatic nitrogens is 3. The third-order valence-corrected chi connectivity index (χ3v) is 7.82. The number of nitrogens with zero attached hydrogens (tertiary/aromatic N) is 2. The zero-order chi connectivity index (χ0) is 26.5. The second kappa shape index (κ2) is 9.32. The summed E-state index contributed by atoms with van der Waals surface area (Å²) in [6.07, 6.45) is 1.30. The van der Waals surface area contributed by atoms with Crippen molar-refractivity contribution in [2.75, 3.05) is 23.5 Å². The highest BCUT2D eigenvalue weighted by atomic mass is 32.2. The number of anilines is 3. The number of amides is 1. The van der Waals surface area contributed by atoms with Crippen LogP contribution < -0.4 is 10.6 Å². The summed E-state index contributed by atoms with van der Waals surface area (Å²) in [6.45, 7) is 4.83. The maximum atomic E-state index is 13.4. The Balaban J connectivity index is 1.52. The molecule has 5 rings (SSSR count). The highest BCUT2D eigenvalue weighted by Gasteiger charge is 2.31. The maximum absolute atomic E-state index is 13.4. The van der Waals surface area contributed by atoms with Crippen molar-refractivity contribution in [2.45, 2.75) is 57.0 Å². The van der Waals surface area contributed by atoms with Crippen LogP contribution in [0, 0.1) is 11.3 Å². The van der Waals surface area contributed by atoms with E-state index in [0.29, 0.717) is 6.61 Å². The van der Waals surface area contributed by atoms with Crippen LogP contribution in [0.1, 0.15) is 63.4 Å². The minimum Gasteiger partial charge on any atom is -0.373 e. The molecule has 2 fully saturated rings. The van der Waals surface area contributed by atoms with Crippen LogP contribution in [0.2, 0.25) is 0 Å². The van der Waals surface area contributed by atoms with E-state index in [9.17, 15) is 22.0 Å². The number of ether oxygens (including phenoxy) is 1. The molecule has 1 atom stereocenters. The molecule has 9 nitrogen and oxygen atoms in total. The van der Waals surface area contributed by atoms with Crippen molar-refractivity contribution in [2.24, 2.45) is 11.3 Å². The Morgan fingerprint density at radius 1 is 1.16 bits per heavy atom. The predicted molar refractivity (Wildman–Crippen MR) is 135 cm³/mol. The lowest BCUT2D eigenvalue weighted by Crippen LogP contribution is -2.27. The summed E-state index contributed by atoms with van der Waals surface area (Å²) < 4.78 is 58.3. The number of aromatic amines is 1. The number of carbonyl (C=O) groups is 1. The van der Waals surface area contributed by atoms with E-state index < -0.39 is 22.1 Å². The lowest BCUT2D eigenvalue weighted by atomic mass is 9.84. The Morgan fingerprint density at radius 2 is 1.92 bits per heavy atom. The fraction of sp³-hybridized carbons (Fsp3) is 0.480. The van der Waals surface area contributed by atoms with E-state index in [0.717, 1.165) is 37.5 Å². The van der Waals surface area contributed by atoms with E-state index in [4.69, 9.17) is 4.74 Å². The van der Waals surface area contributed by atoms with Crippen molar-refractivity contribution in [1.82, 2.24) is 15.0 Å². The number of rotatable bonds is 7. The van der Waals surface area contributed by atoms with E-state index in [2.05, 4.69) is 39.4 Å². The van der Waals surface area contributed by atoms with E-state index >= 15 is 0 Å². The minimum atomic E-state index is -3.68. The molecule has 0 unspecified atom stereocenters. The van der Waals surface area contributed by atoms with Crippen LogP contribution >= 0.6 is 0 Å². The number of nitrogens with one attached hydrogen (secondary N) is 3. The molecule has 0 bridgehead atoms. The van der Waals surface area contributed by atoms with Crippen molar-refractivity contribution in [3.63, 3.8) is 0 Å². The molecule has 0 spiro atoms. The van der Waals surface area contributed by atoms with Crippen LogP contribution in [0.4, 0.5) is 26.0 Å². The molecule has 2 aliphatic rings. The van der Waals surface area contributed by atoms with Gasteiger partial charge in [0.15, 0.2) is 21.3 Å². The largest absolute Gasteiger partial charge is 0.373 e. The maximum Gasteiger partial charge on any atom is 0.295 e. The summed E-state index contributed by atoms with van der Waals surface area (Å²) in [6, 6.07) is 6.47. The molecule has 2 aromatic heterocycles. The molecule has 1 aliphatic carbocycles. The molecule has 3 heterocycles. The molecular formula is C25H29F2N5O4S. The van der Waals surface area contributed by atoms with E-state index in [1.165, 1.54) is 6.07 Å². The number of halogens is 2. The van der Waals surface area contributed by atoms with Gasteiger partial charge in [0.25, 0.3) is 6.43 Å². The van der Waals surface area contributed by atoms with Crippen molar-refractivity contribution in [1.29, 1.82) is 0 Å². The Morgan fingerprint density at radius 3 is 2.54 bits per heavy atom. The molecular weight excluding hydrogens is 504 g/mol. The molecule has 12 heteroatoms. The summed E-state index contributed by atoms with van der Waals surface area (Å²) in [5.74, 6) is -0.730. The molecule has 198 valence electrons. The molecule has 3 aromatic rings. The van der Waals surface area contributed by atoms with Gasteiger partial charge in [-0.3, -0.25) is 4.79 Å². The number of sulfone groups is 1. The molecule has 1 saturated carbocycles. The van der Waals surface area contributed by atoms with Crippen LogP contribution in [0.15, 0.2) is 29.2 Å². The van der Waals surface area contributed by atoms with E-state index in [1.807, 2.05) is 0 Å². The van der Waals surface area contributed by atoms with Gasteiger partial charge in [-0.1, -0.05) is 19.9 Å². The van der Waals surface area contributed by atoms with Crippen LogP contribution in [-0.4, -0.2) is 42.1 Å². The predicted octanol–water partition coefficient (Wildman–Crippen LogP) is 5.27. The molecule has 3 N–H and O–H groups in total. The fourth-order valence-electron chi connectivity index (χ4n) is 4.41. The van der Waals surface area contributed by atoms with Crippen LogP contribution in [0.3, 0.4) is 0 Å². The fourth-order valence-corrected chi connectivity index (χ4v) is 5.27. The first kappa shape index (κ1) is 25.5. The van der Waals surface area contributed by atoms with Crippen LogP contribution in [-0.2, 0) is 19.4 Å². The third kappa shape index (κ3) is 5.59. The highest BCUT2D eigenvalue weighted by Crippen LogP contribution is 2.39. The zero-order valence-corrected chi connectivity index (χ0v) is 21.6. The summed E-state index contributed by atoms with van der Waals surface area (Å²) in [7, 11) is -3.68. The monoisotopic (exact) mass is 533 g/mol. The minimum absolute atomic E-state index is 0.0385.